The van der Waals surface area contributed by atoms with E-state index >= 15 is 0 Å². The first-order chi connectivity index (χ1) is 11.7. The lowest BCUT2D eigenvalue weighted by Gasteiger charge is -2.30. The molecule has 0 bridgehead atoms. The first kappa shape index (κ1) is 19.5. The second-order valence-corrected chi connectivity index (χ2v) is 7.99. The summed E-state index contributed by atoms with van der Waals surface area (Å²) in [5.74, 6) is 0. The Kier molecular flexibility index (Phi) is 6.28. The van der Waals surface area contributed by atoms with Gasteiger partial charge in [-0.05, 0) is 64.7 Å². The Morgan fingerprint density at radius 1 is 1.28 bits per heavy atom. The molecule has 1 heterocycles. The van der Waals surface area contributed by atoms with Crippen molar-refractivity contribution in [1.82, 2.24) is 10.2 Å². The maximum atomic E-state index is 12.1. The van der Waals surface area contributed by atoms with Crippen LogP contribution in [0.25, 0.3) is 0 Å². The molecule has 1 aliphatic heterocycles. The molecule has 4 heteroatoms. The molecule has 2 rings (SSSR count). The molecule has 138 valence electrons. The monoisotopic (exact) mass is 344 g/mol. The summed E-state index contributed by atoms with van der Waals surface area (Å²) in [6.07, 6.45) is 2.82. The Morgan fingerprint density at radius 2 is 2.00 bits per heavy atom. The van der Waals surface area contributed by atoms with Crippen molar-refractivity contribution in [2.75, 3.05) is 19.6 Å². The van der Waals surface area contributed by atoms with E-state index in [9.17, 15) is 4.79 Å². The van der Waals surface area contributed by atoms with Crippen LogP contribution in [0.1, 0.15) is 56.8 Å². The number of nitrogens with one attached hydrogen (secondary N) is 1. The van der Waals surface area contributed by atoms with Gasteiger partial charge in [-0.1, -0.05) is 29.8 Å². The Morgan fingerprint density at radius 3 is 2.56 bits per heavy atom. The molecular formula is C21H32N2O2. The van der Waals surface area contributed by atoms with E-state index in [1.165, 1.54) is 22.3 Å². The molecule has 25 heavy (non-hydrogen) atoms. The second-order valence-electron chi connectivity index (χ2n) is 7.99. The van der Waals surface area contributed by atoms with E-state index in [0.717, 1.165) is 19.5 Å². The minimum absolute atomic E-state index is 0.223. The van der Waals surface area contributed by atoms with E-state index in [0.29, 0.717) is 12.6 Å². The van der Waals surface area contributed by atoms with Gasteiger partial charge in [0.15, 0.2) is 0 Å². The number of amides is 1. The van der Waals surface area contributed by atoms with Gasteiger partial charge in [-0.2, -0.15) is 0 Å². The zero-order valence-corrected chi connectivity index (χ0v) is 16.5. The summed E-state index contributed by atoms with van der Waals surface area (Å²) < 4.78 is 5.43. The van der Waals surface area contributed by atoms with Crippen molar-refractivity contribution in [3.8, 4) is 0 Å². The highest BCUT2D eigenvalue weighted by atomic mass is 16.6. The number of benzene rings is 1. The van der Waals surface area contributed by atoms with Crippen molar-refractivity contribution in [2.45, 2.75) is 59.6 Å². The van der Waals surface area contributed by atoms with E-state index < -0.39 is 5.60 Å². The maximum absolute atomic E-state index is 12.1. The molecule has 1 N–H and O–H groups in total. The molecule has 0 spiro atoms. The van der Waals surface area contributed by atoms with E-state index in [1.807, 2.05) is 20.8 Å². The zero-order chi connectivity index (χ0) is 18.6. The minimum Gasteiger partial charge on any atom is -0.444 e. The fourth-order valence-electron chi connectivity index (χ4n) is 2.80. The number of carbonyl (C=O) groups is 1. The first-order valence-electron chi connectivity index (χ1n) is 9.12. The fourth-order valence-corrected chi connectivity index (χ4v) is 2.80. The second kappa shape index (κ2) is 8.05. The highest BCUT2D eigenvalue weighted by Gasteiger charge is 2.23. The molecule has 1 aromatic carbocycles. The van der Waals surface area contributed by atoms with Crippen LogP contribution in [0.4, 0.5) is 4.79 Å². The number of ether oxygens (including phenoxy) is 1. The van der Waals surface area contributed by atoms with E-state index in [4.69, 9.17) is 4.74 Å². The number of nitrogens with zero attached hydrogens (tertiary/aromatic N) is 1. The highest BCUT2D eigenvalue weighted by molar-refractivity contribution is 5.68. The smallest absolute Gasteiger partial charge is 0.410 e. The zero-order valence-electron chi connectivity index (χ0n) is 16.5. The summed E-state index contributed by atoms with van der Waals surface area (Å²) >= 11 is 0. The van der Waals surface area contributed by atoms with Gasteiger partial charge in [0.25, 0.3) is 0 Å². The number of hydrogen-bond acceptors (Lipinski definition) is 3. The fraction of sp³-hybridized carbons (Fsp3) is 0.571. The van der Waals surface area contributed by atoms with E-state index in [2.05, 4.69) is 50.4 Å². The van der Waals surface area contributed by atoms with Gasteiger partial charge in [-0.25, -0.2) is 4.79 Å². The molecule has 0 aliphatic carbocycles. The SMILES string of the molecule is Cc1ccc(C(C)NCC2=CCN(C(=O)OC(C)(C)C)CC2)cc1C. The third-order valence-corrected chi connectivity index (χ3v) is 4.62. The van der Waals surface area contributed by atoms with Crippen LogP contribution in [0.3, 0.4) is 0 Å². The number of rotatable bonds is 4. The third kappa shape index (κ3) is 5.89. The van der Waals surface area contributed by atoms with E-state index in [-0.39, 0.29) is 6.09 Å². The lowest BCUT2D eigenvalue weighted by atomic mass is 10.0. The van der Waals surface area contributed by atoms with Crippen LogP contribution in [0.15, 0.2) is 29.8 Å². The van der Waals surface area contributed by atoms with Gasteiger partial charge in [0.1, 0.15) is 5.60 Å². The lowest BCUT2D eigenvalue weighted by Crippen LogP contribution is -2.40. The van der Waals surface area contributed by atoms with Crippen LogP contribution in [0.5, 0.6) is 0 Å². The molecule has 0 aromatic heterocycles. The van der Waals surface area contributed by atoms with Crippen molar-refractivity contribution >= 4 is 6.09 Å². The molecule has 0 fully saturated rings. The quantitative estimate of drug-likeness (QED) is 0.817. The molecular weight excluding hydrogens is 312 g/mol. The Balaban J connectivity index is 1.84. The molecule has 0 saturated carbocycles. The first-order valence-corrected chi connectivity index (χ1v) is 9.12. The molecule has 4 nitrogen and oxygen atoms in total. The molecule has 1 atom stereocenters. The van der Waals surface area contributed by atoms with Gasteiger partial charge in [-0.3, -0.25) is 0 Å². The molecule has 1 aromatic rings. The van der Waals surface area contributed by atoms with Gasteiger partial charge in [-0.15, -0.1) is 0 Å². The van der Waals surface area contributed by atoms with Gasteiger partial charge in [0, 0.05) is 25.7 Å². The van der Waals surface area contributed by atoms with Crippen molar-refractivity contribution in [2.24, 2.45) is 0 Å². The molecule has 1 amide bonds. The Hall–Kier alpha value is -1.81. The van der Waals surface area contributed by atoms with Crippen molar-refractivity contribution in [3.63, 3.8) is 0 Å². The van der Waals surface area contributed by atoms with Crippen molar-refractivity contribution < 1.29 is 9.53 Å². The third-order valence-electron chi connectivity index (χ3n) is 4.62. The summed E-state index contributed by atoms with van der Waals surface area (Å²) in [5, 5.41) is 3.59. The van der Waals surface area contributed by atoms with Crippen molar-refractivity contribution in [3.05, 3.63) is 46.5 Å². The van der Waals surface area contributed by atoms with Crippen LogP contribution >= 0.6 is 0 Å². The summed E-state index contributed by atoms with van der Waals surface area (Å²) in [6, 6.07) is 6.94. The normalized spacial score (nSPS) is 16.4. The maximum Gasteiger partial charge on any atom is 0.410 e. The lowest BCUT2D eigenvalue weighted by molar-refractivity contribution is 0.0265. The molecule has 0 saturated heterocycles. The summed E-state index contributed by atoms with van der Waals surface area (Å²) in [7, 11) is 0. The standard InChI is InChI=1S/C21H32N2O2/c1-15-7-8-19(13-16(15)2)17(3)22-14-18-9-11-23(12-10-18)20(24)25-21(4,5)6/h7-9,13,17,22H,10-12,14H2,1-6H3. The number of aryl methyl sites for hydroxylation is 2. The summed E-state index contributed by atoms with van der Waals surface area (Å²) in [5.41, 5.74) is 4.89. The van der Waals surface area contributed by atoms with Gasteiger partial charge in [0.2, 0.25) is 0 Å². The van der Waals surface area contributed by atoms with Crippen LogP contribution in [-0.2, 0) is 4.74 Å². The summed E-state index contributed by atoms with van der Waals surface area (Å²) in [4.78, 5) is 13.9. The van der Waals surface area contributed by atoms with Gasteiger partial charge >= 0.3 is 6.09 Å². The van der Waals surface area contributed by atoms with Crippen LogP contribution < -0.4 is 5.32 Å². The van der Waals surface area contributed by atoms with Gasteiger partial charge in [0.05, 0.1) is 0 Å². The molecule has 1 aliphatic rings. The molecule has 0 radical (unpaired) electrons. The van der Waals surface area contributed by atoms with E-state index in [1.54, 1.807) is 4.90 Å². The predicted octanol–water partition coefficient (Wildman–Crippen LogP) is 4.52. The number of carbonyl (C=O) groups excluding carboxylic acids is 1. The Bertz CT molecular complexity index is 644. The Labute approximate surface area is 152 Å². The topological polar surface area (TPSA) is 41.6 Å². The highest BCUT2D eigenvalue weighted by Crippen LogP contribution is 2.19. The largest absolute Gasteiger partial charge is 0.444 e. The van der Waals surface area contributed by atoms with Gasteiger partial charge < -0.3 is 15.0 Å². The van der Waals surface area contributed by atoms with Crippen LogP contribution in [-0.4, -0.2) is 36.2 Å². The minimum atomic E-state index is -0.440. The number of hydrogen-bond donors (Lipinski definition) is 1. The average Bonchev–Trinajstić information content (AvgIpc) is 2.54. The molecule has 1 unspecified atom stereocenters. The van der Waals surface area contributed by atoms with Crippen LogP contribution in [0, 0.1) is 13.8 Å². The van der Waals surface area contributed by atoms with Crippen molar-refractivity contribution in [1.29, 1.82) is 0 Å². The summed E-state index contributed by atoms with van der Waals surface area (Å²) in [6.45, 7) is 14.4. The predicted molar refractivity (Wildman–Crippen MR) is 103 cm³/mol. The average molecular weight is 344 g/mol. The van der Waals surface area contributed by atoms with Crippen LogP contribution in [0.2, 0.25) is 0 Å².